The summed E-state index contributed by atoms with van der Waals surface area (Å²) in [5.41, 5.74) is 0. The zero-order valence-corrected chi connectivity index (χ0v) is 8.76. The Bertz CT molecular complexity index is 196. The van der Waals surface area contributed by atoms with Crippen molar-refractivity contribution in [1.82, 2.24) is 0 Å². The van der Waals surface area contributed by atoms with Gasteiger partial charge in [0.25, 0.3) is 0 Å². The lowest BCUT2D eigenvalue weighted by atomic mass is 10.0. The third-order valence-corrected chi connectivity index (χ3v) is 3.70. The van der Waals surface area contributed by atoms with E-state index in [9.17, 15) is 0 Å². The highest BCUT2D eigenvalue weighted by Crippen LogP contribution is 2.71. The Hall–Kier alpha value is -0.0800. The molecule has 2 heterocycles. The molecule has 2 nitrogen and oxygen atoms in total. The first-order chi connectivity index (χ1) is 6.87. The number of rotatable bonds is 0. The monoisotopic (exact) mass is 195 g/mol. The van der Waals surface area contributed by atoms with Crippen LogP contribution < -0.4 is 0 Å². The van der Waals surface area contributed by atoms with Gasteiger partial charge in [-0.15, -0.1) is 0 Å². The van der Waals surface area contributed by atoms with Crippen molar-refractivity contribution in [1.29, 1.82) is 0 Å². The van der Waals surface area contributed by atoms with Gasteiger partial charge in [0, 0.05) is 12.8 Å². The van der Waals surface area contributed by atoms with Gasteiger partial charge < -0.3 is 9.47 Å². The molecule has 2 aliphatic heterocycles. The van der Waals surface area contributed by atoms with Gasteiger partial charge in [0.1, 0.15) is 0 Å². The van der Waals surface area contributed by atoms with Crippen molar-refractivity contribution in [2.75, 3.05) is 0 Å². The van der Waals surface area contributed by atoms with E-state index in [4.69, 9.17) is 9.47 Å². The van der Waals surface area contributed by atoms with Crippen molar-refractivity contribution >= 4 is 0 Å². The van der Waals surface area contributed by atoms with Gasteiger partial charge >= 0.3 is 0 Å². The van der Waals surface area contributed by atoms with Gasteiger partial charge in [-0.3, -0.25) is 0 Å². The molecule has 1 saturated carbocycles. The average Bonchev–Trinajstić information content (AvgIpc) is 2.90. The first kappa shape index (κ1) is 9.17. The number of epoxide rings is 2. The molecule has 0 bridgehead atoms. The van der Waals surface area contributed by atoms with Crippen LogP contribution in [0.1, 0.15) is 57.8 Å². The fourth-order valence-electron chi connectivity index (χ4n) is 2.64. The Labute approximate surface area is 86.0 Å². The molecule has 0 aromatic rings. The largest absolute Gasteiger partial charge is 0.307 e. The first-order valence-electron chi connectivity index (χ1n) is 6.12. The Kier molecular flexibility index (Phi) is 2.10. The minimum absolute atomic E-state index is 0.119. The molecule has 14 heavy (non-hydrogen) atoms. The molecule has 0 amide bonds. The van der Waals surface area contributed by atoms with Crippen LogP contribution in [0.5, 0.6) is 0 Å². The third kappa shape index (κ3) is 1.40. The maximum absolute atomic E-state index is 5.62. The molecule has 0 atom stereocenters. The first-order valence-corrected chi connectivity index (χ1v) is 6.12. The van der Waals surface area contributed by atoms with Crippen molar-refractivity contribution in [3.63, 3.8) is 0 Å². The minimum Gasteiger partial charge on any atom is -0.307 e. The van der Waals surface area contributed by atoms with E-state index in [0.29, 0.717) is 0 Å². The maximum atomic E-state index is 5.62. The molecule has 3 rings (SSSR count). The van der Waals surface area contributed by atoms with E-state index >= 15 is 0 Å². The van der Waals surface area contributed by atoms with E-state index in [2.05, 4.69) is 6.42 Å². The Morgan fingerprint density at radius 1 is 0.786 bits per heavy atom. The SMILES string of the molecule is [CH]1CCCCCCCCCC23OC12O3. The van der Waals surface area contributed by atoms with Crippen LogP contribution in [-0.4, -0.2) is 11.6 Å². The summed E-state index contributed by atoms with van der Waals surface area (Å²) in [6, 6.07) is 0. The van der Waals surface area contributed by atoms with Gasteiger partial charge in [0.2, 0.25) is 11.6 Å². The molecular weight excluding hydrogens is 176 g/mol. The molecule has 3 fully saturated rings. The quantitative estimate of drug-likeness (QED) is 0.555. The maximum Gasteiger partial charge on any atom is 0.232 e. The third-order valence-electron chi connectivity index (χ3n) is 3.70. The van der Waals surface area contributed by atoms with E-state index in [1.165, 1.54) is 51.4 Å². The lowest BCUT2D eigenvalue weighted by Crippen LogP contribution is -1.99. The smallest absolute Gasteiger partial charge is 0.232 e. The molecule has 1 radical (unpaired) electrons. The van der Waals surface area contributed by atoms with Crippen LogP contribution in [0.4, 0.5) is 0 Å². The second kappa shape index (κ2) is 3.21. The van der Waals surface area contributed by atoms with Gasteiger partial charge in [0.15, 0.2) is 0 Å². The molecule has 2 heteroatoms. The van der Waals surface area contributed by atoms with E-state index in [1.807, 2.05) is 0 Å². The van der Waals surface area contributed by atoms with Crippen molar-refractivity contribution in [2.24, 2.45) is 0 Å². The molecule has 0 N–H and O–H groups in total. The van der Waals surface area contributed by atoms with Crippen molar-refractivity contribution in [2.45, 2.75) is 69.4 Å². The van der Waals surface area contributed by atoms with Crippen molar-refractivity contribution in [3.05, 3.63) is 6.42 Å². The summed E-state index contributed by atoms with van der Waals surface area (Å²) < 4.78 is 11.2. The van der Waals surface area contributed by atoms with Crippen molar-refractivity contribution < 1.29 is 9.47 Å². The minimum atomic E-state index is -0.188. The van der Waals surface area contributed by atoms with E-state index < -0.39 is 0 Å². The molecule has 0 aromatic heterocycles. The average molecular weight is 195 g/mol. The van der Waals surface area contributed by atoms with Gasteiger partial charge in [0.05, 0.1) is 0 Å². The predicted molar refractivity (Wildman–Crippen MR) is 53.5 cm³/mol. The number of hydrogen-bond acceptors (Lipinski definition) is 2. The summed E-state index contributed by atoms with van der Waals surface area (Å²) >= 11 is 0. The van der Waals surface area contributed by atoms with Gasteiger partial charge in [-0.05, 0) is 12.8 Å². The van der Waals surface area contributed by atoms with E-state index in [1.54, 1.807) is 0 Å². The lowest BCUT2D eigenvalue weighted by Gasteiger charge is -2.01. The summed E-state index contributed by atoms with van der Waals surface area (Å²) in [5, 5.41) is 0. The predicted octanol–water partition coefficient (Wildman–Crippen LogP) is 3.17. The van der Waals surface area contributed by atoms with Crippen LogP contribution in [0, 0.1) is 6.42 Å². The number of hydrogen-bond donors (Lipinski definition) is 0. The van der Waals surface area contributed by atoms with Gasteiger partial charge in [-0.2, -0.15) is 0 Å². The van der Waals surface area contributed by atoms with Crippen LogP contribution in [0.25, 0.3) is 0 Å². The molecule has 0 aromatic carbocycles. The zero-order chi connectivity index (χ0) is 9.49. The Balaban J connectivity index is 1.51. The second-order valence-corrected chi connectivity index (χ2v) is 4.84. The molecule has 0 spiro atoms. The van der Waals surface area contributed by atoms with Crippen LogP contribution in [0.15, 0.2) is 0 Å². The molecule has 0 unspecified atom stereocenters. The fraction of sp³-hybridized carbons (Fsp3) is 0.917. The molecule has 3 aliphatic rings. The van der Waals surface area contributed by atoms with Crippen LogP contribution >= 0.6 is 0 Å². The molecule has 1 aliphatic carbocycles. The summed E-state index contributed by atoms with van der Waals surface area (Å²) in [5.74, 6) is -0.307. The number of ether oxygens (including phenoxy) is 2. The summed E-state index contributed by atoms with van der Waals surface area (Å²) in [7, 11) is 0. The molecular formula is C12H19O2. The summed E-state index contributed by atoms with van der Waals surface area (Å²) in [6.07, 6.45) is 14.1. The Morgan fingerprint density at radius 3 is 2.21 bits per heavy atom. The summed E-state index contributed by atoms with van der Waals surface area (Å²) in [4.78, 5) is 0. The zero-order valence-electron chi connectivity index (χ0n) is 8.76. The highest BCUT2D eigenvalue weighted by Gasteiger charge is 2.89. The van der Waals surface area contributed by atoms with Crippen LogP contribution in [0.3, 0.4) is 0 Å². The normalized spacial score (nSPS) is 48.0. The van der Waals surface area contributed by atoms with Crippen molar-refractivity contribution in [3.8, 4) is 0 Å². The summed E-state index contributed by atoms with van der Waals surface area (Å²) in [6.45, 7) is 0. The van der Waals surface area contributed by atoms with Crippen LogP contribution in [-0.2, 0) is 9.47 Å². The van der Waals surface area contributed by atoms with Gasteiger partial charge in [-0.1, -0.05) is 38.5 Å². The van der Waals surface area contributed by atoms with Crippen LogP contribution in [0.2, 0.25) is 0 Å². The van der Waals surface area contributed by atoms with E-state index in [-0.39, 0.29) is 11.6 Å². The second-order valence-electron chi connectivity index (χ2n) is 4.84. The molecule has 79 valence electrons. The Morgan fingerprint density at radius 2 is 1.43 bits per heavy atom. The lowest BCUT2D eigenvalue weighted by molar-refractivity contribution is -0.0879. The topological polar surface area (TPSA) is 25.1 Å². The highest BCUT2D eigenvalue weighted by molar-refractivity contribution is 5.24. The standard InChI is InChI=1S/C12H19O2/c1-2-4-6-8-10-12-11(13-12,14-12)9-7-5-3-1/h9H,1-8,10H2. The fourth-order valence-corrected chi connectivity index (χ4v) is 2.64. The van der Waals surface area contributed by atoms with Gasteiger partial charge in [-0.25, -0.2) is 0 Å². The van der Waals surface area contributed by atoms with E-state index in [0.717, 1.165) is 6.42 Å². The molecule has 2 saturated heterocycles. The highest BCUT2D eigenvalue weighted by atomic mass is 17.0.